The number of aromatic nitrogens is 3. The fourth-order valence-corrected chi connectivity index (χ4v) is 3.15. The standard InChI is InChI=1S/C20H21ClN4O3/c1-13(2)28-20(27)11-17(14-7-3-4-8-15(14)21)22-19(26)12-25-18-10-6-5-9-16(18)23-24-25/h3-10,13,17H,11-12H2,1-2H3,(H,22,26). The van der Waals surface area contributed by atoms with Gasteiger partial charge >= 0.3 is 5.97 Å². The molecule has 0 aliphatic rings. The van der Waals surface area contributed by atoms with E-state index in [1.807, 2.05) is 24.3 Å². The number of nitrogens with zero attached hydrogens (tertiary/aromatic N) is 3. The summed E-state index contributed by atoms with van der Waals surface area (Å²) in [5, 5.41) is 11.4. The minimum atomic E-state index is -0.609. The zero-order chi connectivity index (χ0) is 20.1. The second kappa shape index (κ2) is 8.84. The van der Waals surface area contributed by atoms with E-state index < -0.39 is 12.0 Å². The minimum Gasteiger partial charge on any atom is -0.463 e. The van der Waals surface area contributed by atoms with Crippen LogP contribution in [0.3, 0.4) is 0 Å². The number of benzene rings is 2. The predicted molar refractivity (Wildman–Crippen MR) is 106 cm³/mol. The van der Waals surface area contributed by atoms with E-state index >= 15 is 0 Å². The van der Waals surface area contributed by atoms with E-state index in [4.69, 9.17) is 16.3 Å². The topological polar surface area (TPSA) is 86.1 Å². The molecule has 0 saturated heterocycles. The fourth-order valence-electron chi connectivity index (χ4n) is 2.88. The highest BCUT2D eigenvalue weighted by molar-refractivity contribution is 6.31. The number of fused-ring (bicyclic) bond motifs is 1. The lowest BCUT2D eigenvalue weighted by Gasteiger charge is -2.20. The Balaban J connectivity index is 1.77. The van der Waals surface area contributed by atoms with Crippen LogP contribution in [0.2, 0.25) is 5.02 Å². The van der Waals surface area contributed by atoms with E-state index in [0.29, 0.717) is 16.1 Å². The van der Waals surface area contributed by atoms with Crippen molar-refractivity contribution in [3.8, 4) is 0 Å². The van der Waals surface area contributed by atoms with Crippen LogP contribution in [0.1, 0.15) is 31.9 Å². The van der Waals surface area contributed by atoms with Gasteiger partial charge in [0, 0.05) is 5.02 Å². The molecule has 3 aromatic rings. The Bertz CT molecular complexity index is 986. The van der Waals surface area contributed by atoms with Crippen molar-refractivity contribution in [3.63, 3.8) is 0 Å². The summed E-state index contributed by atoms with van der Waals surface area (Å²) in [6, 6.07) is 13.9. The van der Waals surface area contributed by atoms with Crippen LogP contribution in [0, 0.1) is 0 Å². The first-order valence-electron chi connectivity index (χ1n) is 8.95. The van der Waals surface area contributed by atoms with Gasteiger partial charge in [0.05, 0.1) is 24.1 Å². The second-order valence-electron chi connectivity index (χ2n) is 6.62. The smallest absolute Gasteiger partial charge is 0.308 e. The maximum absolute atomic E-state index is 12.7. The van der Waals surface area contributed by atoms with Gasteiger partial charge in [-0.05, 0) is 37.6 Å². The van der Waals surface area contributed by atoms with E-state index in [-0.39, 0.29) is 25.0 Å². The Hall–Kier alpha value is -2.93. The third kappa shape index (κ3) is 4.86. The number of rotatable bonds is 7. The van der Waals surface area contributed by atoms with E-state index in [9.17, 15) is 9.59 Å². The van der Waals surface area contributed by atoms with Crippen LogP contribution >= 0.6 is 11.6 Å². The van der Waals surface area contributed by atoms with E-state index in [1.165, 1.54) is 4.68 Å². The number of para-hydroxylation sites is 1. The number of hydrogen-bond donors (Lipinski definition) is 1. The van der Waals surface area contributed by atoms with E-state index in [0.717, 1.165) is 5.52 Å². The van der Waals surface area contributed by atoms with E-state index in [2.05, 4.69) is 15.6 Å². The van der Waals surface area contributed by atoms with Gasteiger partial charge in [0.1, 0.15) is 12.1 Å². The molecule has 0 aliphatic heterocycles. The highest BCUT2D eigenvalue weighted by Crippen LogP contribution is 2.25. The average Bonchev–Trinajstić information content (AvgIpc) is 3.04. The Morgan fingerprint density at radius 3 is 2.61 bits per heavy atom. The average molecular weight is 401 g/mol. The molecule has 146 valence electrons. The molecule has 1 N–H and O–H groups in total. The molecule has 0 fully saturated rings. The summed E-state index contributed by atoms with van der Waals surface area (Å²) < 4.78 is 6.74. The number of carbonyl (C=O) groups excluding carboxylic acids is 2. The lowest BCUT2D eigenvalue weighted by molar-refractivity contribution is -0.148. The van der Waals surface area contributed by atoms with Crippen molar-refractivity contribution in [2.75, 3.05) is 0 Å². The molecule has 0 spiro atoms. The first-order valence-corrected chi connectivity index (χ1v) is 9.33. The quantitative estimate of drug-likeness (QED) is 0.615. The minimum absolute atomic E-state index is 0.0221. The molecular formula is C20H21ClN4O3. The number of hydrogen-bond acceptors (Lipinski definition) is 5. The molecule has 1 unspecified atom stereocenters. The molecule has 0 radical (unpaired) electrons. The summed E-state index contributed by atoms with van der Waals surface area (Å²) in [4.78, 5) is 24.8. The Labute approximate surface area is 167 Å². The molecular weight excluding hydrogens is 380 g/mol. The number of halogens is 1. The van der Waals surface area contributed by atoms with Crippen molar-refractivity contribution in [1.82, 2.24) is 20.3 Å². The Kier molecular flexibility index (Phi) is 6.26. The highest BCUT2D eigenvalue weighted by atomic mass is 35.5. The zero-order valence-electron chi connectivity index (χ0n) is 15.6. The van der Waals surface area contributed by atoms with Crippen LogP contribution in [0.15, 0.2) is 48.5 Å². The van der Waals surface area contributed by atoms with Crippen molar-refractivity contribution < 1.29 is 14.3 Å². The lowest BCUT2D eigenvalue weighted by atomic mass is 10.0. The molecule has 0 bridgehead atoms. The molecule has 0 aliphatic carbocycles. The van der Waals surface area contributed by atoms with Crippen molar-refractivity contribution >= 4 is 34.5 Å². The molecule has 7 nitrogen and oxygen atoms in total. The summed E-state index contributed by atoms with van der Waals surface area (Å²) in [5.74, 6) is -0.718. The monoisotopic (exact) mass is 400 g/mol. The highest BCUT2D eigenvalue weighted by Gasteiger charge is 2.22. The van der Waals surface area contributed by atoms with Gasteiger partial charge in [-0.25, -0.2) is 4.68 Å². The summed E-state index contributed by atoms with van der Waals surface area (Å²) in [7, 11) is 0. The molecule has 1 amide bonds. The zero-order valence-corrected chi connectivity index (χ0v) is 16.4. The largest absolute Gasteiger partial charge is 0.463 e. The van der Waals surface area contributed by atoms with Crippen molar-refractivity contribution in [2.24, 2.45) is 0 Å². The molecule has 8 heteroatoms. The van der Waals surface area contributed by atoms with Crippen LogP contribution in [0.25, 0.3) is 11.0 Å². The number of nitrogens with one attached hydrogen (secondary N) is 1. The SMILES string of the molecule is CC(C)OC(=O)CC(NC(=O)Cn1nnc2ccccc21)c1ccccc1Cl. The van der Waals surface area contributed by atoms with Crippen LogP contribution in [-0.2, 0) is 20.9 Å². The summed E-state index contributed by atoms with van der Waals surface area (Å²) in [5.41, 5.74) is 2.12. The second-order valence-corrected chi connectivity index (χ2v) is 7.03. The van der Waals surface area contributed by atoms with Gasteiger partial charge < -0.3 is 10.1 Å². The fraction of sp³-hybridized carbons (Fsp3) is 0.300. The molecule has 0 saturated carbocycles. The third-order valence-corrected chi connectivity index (χ3v) is 4.41. The molecule has 1 heterocycles. The van der Waals surface area contributed by atoms with Gasteiger partial charge in [-0.1, -0.05) is 47.1 Å². The first-order chi connectivity index (χ1) is 13.4. The summed E-state index contributed by atoms with van der Waals surface area (Å²) >= 11 is 6.28. The first kappa shape index (κ1) is 19.8. The Morgan fingerprint density at radius 2 is 1.86 bits per heavy atom. The van der Waals surface area contributed by atoms with Gasteiger partial charge in [0.15, 0.2) is 0 Å². The third-order valence-electron chi connectivity index (χ3n) is 4.07. The van der Waals surface area contributed by atoms with Crippen LogP contribution in [-0.4, -0.2) is 33.0 Å². The van der Waals surface area contributed by atoms with Gasteiger partial charge in [0.25, 0.3) is 0 Å². The maximum Gasteiger partial charge on any atom is 0.308 e. The van der Waals surface area contributed by atoms with Crippen LogP contribution < -0.4 is 5.32 Å². The number of esters is 1. The Morgan fingerprint density at radius 1 is 1.14 bits per heavy atom. The lowest BCUT2D eigenvalue weighted by Crippen LogP contribution is -2.34. The van der Waals surface area contributed by atoms with Gasteiger partial charge in [-0.3, -0.25) is 9.59 Å². The molecule has 3 rings (SSSR count). The van der Waals surface area contributed by atoms with E-state index in [1.54, 1.807) is 38.1 Å². The molecule has 1 atom stereocenters. The van der Waals surface area contributed by atoms with Crippen LogP contribution in [0.4, 0.5) is 0 Å². The number of amides is 1. The van der Waals surface area contributed by atoms with Crippen molar-refractivity contribution in [2.45, 2.75) is 39.0 Å². The van der Waals surface area contributed by atoms with Gasteiger partial charge in [-0.15, -0.1) is 5.10 Å². The summed E-state index contributed by atoms with van der Waals surface area (Å²) in [6.07, 6.45) is -0.261. The summed E-state index contributed by atoms with van der Waals surface area (Å²) in [6.45, 7) is 3.52. The van der Waals surface area contributed by atoms with Gasteiger partial charge in [0.2, 0.25) is 5.91 Å². The molecule has 1 aromatic heterocycles. The number of carbonyl (C=O) groups is 2. The molecule has 2 aromatic carbocycles. The number of ether oxygens (including phenoxy) is 1. The predicted octanol–water partition coefficient (Wildman–Crippen LogP) is 3.28. The van der Waals surface area contributed by atoms with Crippen molar-refractivity contribution in [3.05, 3.63) is 59.1 Å². The van der Waals surface area contributed by atoms with Gasteiger partial charge in [-0.2, -0.15) is 0 Å². The molecule has 28 heavy (non-hydrogen) atoms. The normalized spacial score (nSPS) is 12.1. The van der Waals surface area contributed by atoms with Crippen LogP contribution in [0.5, 0.6) is 0 Å². The van der Waals surface area contributed by atoms with Crippen molar-refractivity contribution in [1.29, 1.82) is 0 Å². The maximum atomic E-state index is 12.7.